The molecule has 5 heteroatoms. The Morgan fingerprint density at radius 1 is 1.24 bits per heavy atom. The Balaban J connectivity index is 2.28. The number of nitrogens with zero attached hydrogens (tertiary/aromatic N) is 1. The maximum absolute atomic E-state index is 13.3. The van der Waals surface area contributed by atoms with Gasteiger partial charge < -0.3 is 5.32 Å². The van der Waals surface area contributed by atoms with Gasteiger partial charge in [0.05, 0.1) is 4.47 Å². The topological polar surface area (TPSA) is 24.9 Å². The Bertz CT molecular complexity index is 558. The molecule has 0 saturated heterocycles. The first-order valence-corrected chi connectivity index (χ1v) is 6.49. The van der Waals surface area contributed by atoms with Crippen molar-refractivity contribution in [2.24, 2.45) is 0 Å². The zero-order valence-electron chi connectivity index (χ0n) is 8.97. The lowest BCUT2D eigenvalue weighted by Gasteiger charge is -2.09. The summed E-state index contributed by atoms with van der Waals surface area (Å²) in [6.45, 7) is 1.94. The average molecular weight is 360 g/mol. The molecule has 2 aromatic rings. The van der Waals surface area contributed by atoms with Crippen molar-refractivity contribution in [2.75, 3.05) is 5.32 Å². The first-order valence-electron chi connectivity index (χ1n) is 4.90. The number of pyridine rings is 1. The van der Waals surface area contributed by atoms with Gasteiger partial charge in [-0.1, -0.05) is 0 Å². The number of anilines is 2. The van der Waals surface area contributed by atoms with E-state index in [1.54, 1.807) is 18.3 Å². The second-order valence-electron chi connectivity index (χ2n) is 3.57. The number of aryl methyl sites for hydroxylation is 1. The highest BCUT2D eigenvalue weighted by Gasteiger charge is 2.04. The van der Waals surface area contributed by atoms with E-state index in [1.807, 2.05) is 13.0 Å². The van der Waals surface area contributed by atoms with E-state index < -0.39 is 0 Å². The maximum atomic E-state index is 13.3. The minimum absolute atomic E-state index is 0.301. The fourth-order valence-electron chi connectivity index (χ4n) is 1.38. The summed E-state index contributed by atoms with van der Waals surface area (Å²) in [6.07, 6.45) is 1.70. The largest absolute Gasteiger partial charge is 0.340 e. The third kappa shape index (κ3) is 3.04. The molecule has 88 valence electrons. The molecule has 0 amide bonds. The summed E-state index contributed by atoms with van der Waals surface area (Å²) in [4.78, 5) is 4.23. The minimum atomic E-state index is -0.301. The van der Waals surface area contributed by atoms with Crippen LogP contribution in [0.2, 0.25) is 0 Å². The van der Waals surface area contributed by atoms with Crippen molar-refractivity contribution in [3.8, 4) is 0 Å². The first-order chi connectivity index (χ1) is 8.06. The van der Waals surface area contributed by atoms with Crippen LogP contribution < -0.4 is 5.32 Å². The molecule has 17 heavy (non-hydrogen) atoms. The number of benzene rings is 1. The van der Waals surface area contributed by atoms with Gasteiger partial charge in [0.2, 0.25) is 0 Å². The molecule has 1 aromatic heterocycles. The van der Waals surface area contributed by atoms with E-state index in [2.05, 4.69) is 42.2 Å². The molecule has 0 fully saturated rings. The van der Waals surface area contributed by atoms with Gasteiger partial charge in [-0.2, -0.15) is 0 Å². The van der Waals surface area contributed by atoms with Crippen LogP contribution in [0.3, 0.4) is 0 Å². The molecule has 0 atom stereocenters. The molecule has 0 bridgehead atoms. The summed E-state index contributed by atoms with van der Waals surface area (Å²) in [6, 6.07) is 6.82. The number of aromatic nitrogens is 1. The van der Waals surface area contributed by atoms with E-state index in [0.29, 0.717) is 10.2 Å². The van der Waals surface area contributed by atoms with Crippen LogP contribution in [0.25, 0.3) is 0 Å². The highest BCUT2D eigenvalue weighted by atomic mass is 79.9. The normalized spacial score (nSPS) is 10.4. The van der Waals surface area contributed by atoms with Gasteiger partial charge in [0.1, 0.15) is 11.6 Å². The van der Waals surface area contributed by atoms with Gasteiger partial charge in [0.15, 0.2) is 0 Å². The fraction of sp³-hybridized carbons (Fsp3) is 0.0833. The number of rotatable bonds is 2. The first kappa shape index (κ1) is 12.5. The Morgan fingerprint density at radius 3 is 2.65 bits per heavy atom. The predicted molar refractivity (Wildman–Crippen MR) is 74.1 cm³/mol. The summed E-state index contributed by atoms with van der Waals surface area (Å²) >= 11 is 6.46. The van der Waals surface area contributed by atoms with Crippen molar-refractivity contribution in [2.45, 2.75) is 6.92 Å². The van der Waals surface area contributed by atoms with Crippen LogP contribution >= 0.6 is 31.9 Å². The van der Waals surface area contributed by atoms with E-state index in [-0.39, 0.29) is 5.82 Å². The van der Waals surface area contributed by atoms with E-state index >= 15 is 0 Å². The smallest absolute Gasteiger partial charge is 0.139 e. The maximum Gasteiger partial charge on any atom is 0.139 e. The van der Waals surface area contributed by atoms with Crippen molar-refractivity contribution in [1.29, 1.82) is 0 Å². The number of nitrogens with one attached hydrogen (secondary N) is 1. The monoisotopic (exact) mass is 358 g/mol. The molecule has 2 rings (SSSR count). The standard InChI is InChI=1S/C12H9Br2FN2/c1-7-4-8(13)6-16-12(7)17-9-2-3-10(14)11(15)5-9/h2-6H,1H3,(H,16,17). The van der Waals surface area contributed by atoms with Gasteiger partial charge in [-0.05, 0) is 68.6 Å². The van der Waals surface area contributed by atoms with Crippen molar-refractivity contribution in [1.82, 2.24) is 4.98 Å². The molecule has 1 heterocycles. The molecule has 0 unspecified atom stereocenters. The lowest BCUT2D eigenvalue weighted by atomic mass is 10.2. The van der Waals surface area contributed by atoms with Gasteiger partial charge in [-0.3, -0.25) is 0 Å². The zero-order chi connectivity index (χ0) is 12.4. The van der Waals surface area contributed by atoms with Crippen LogP contribution in [0.1, 0.15) is 5.56 Å². The molecule has 0 aliphatic rings. The van der Waals surface area contributed by atoms with E-state index in [0.717, 1.165) is 15.9 Å². The summed E-state index contributed by atoms with van der Waals surface area (Å²) in [7, 11) is 0. The Kier molecular flexibility index (Phi) is 3.79. The summed E-state index contributed by atoms with van der Waals surface area (Å²) < 4.78 is 14.7. The van der Waals surface area contributed by atoms with Crippen LogP contribution in [-0.2, 0) is 0 Å². The summed E-state index contributed by atoms with van der Waals surface area (Å²) in [5.41, 5.74) is 1.66. The van der Waals surface area contributed by atoms with Crippen LogP contribution in [0.4, 0.5) is 15.9 Å². The lowest BCUT2D eigenvalue weighted by molar-refractivity contribution is 0.622. The molecule has 0 spiro atoms. The number of halogens is 3. The third-order valence-corrected chi connectivity index (χ3v) is 3.30. The lowest BCUT2D eigenvalue weighted by Crippen LogP contribution is -1.96. The average Bonchev–Trinajstić information content (AvgIpc) is 2.27. The molecule has 0 radical (unpaired) electrons. The van der Waals surface area contributed by atoms with E-state index in [9.17, 15) is 4.39 Å². The van der Waals surface area contributed by atoms with E-state index in [1.165, 1.54) is 6.07 Å². The van der Waals surface area contributed by atoms with Crippen molar-refractivity contribution < 1.29 is 4.39 Å². The Morgan fingerprint density at radius 2 is 2.00 bits per heavy atom. The number of hydrogen-bond acceptors (Lipinski definition) is 2. The second-order valence-corrected chi connectivity index (χ2v) is 5.34. The Labute approximate surface area is 116 Å². The molecule has 0 aliphatic carbocycles. The van der Waals surface area contributed by atoms with Crippen LogP contribution in [0.5, 0.6) is 0 Å². The van der Waals surface area contributed by atoms with E-state index in [4.69, 9.17) is 0 Å². The summed E-state index contributed by atoms with van der Waals surface area (Å²) in [5, 5.41) is 3.07. The molecular formula is C12H9Br2FN2. The fourth-order valence-corrected chi connectivity index (χ4v) is 2.07. The molecular weight excluding hydrogens is 351 g/mol. The minimum Gasteiger partial charge on any atom is -0.340 e. The van der Waals surface area contributed by atoms with Gasteiger partial charge in [-0.15, -0.1) is 0 Å². The molecule has 0 aliphatic heterocycles. The molecule has 1 N–H and O–H groups in total. The van der Waals surface area contributed by atoms with Gasteiger partial charge in [-0.25, -0.2) is 9.37 Å². The van der Waals surface area contributed by atoms with Gasteiger partial charge in [0, 0.05) is 16.4 Å². The van der Waals surface area contributed by atoms with Crippen LogP contribution in [0, 0.1) is 12.7 Å². The second kappa shape index (κ2) is 5.14. The number of hydrogen-bond donors (Lipinski definition) is 1. The third-order valence-electron chi connectivity index (χ3n) is 2.23. The Hall–Kier alpha value is -0.940. The van der Waals surface area contributed by atoms with Gasteiger partial charge >= 0.3 is 0 Å². The van der Waals surface area contributed by atoms with Crippen LogP contribution in [0.15, 0.2) is 39.4 Å². The predicted octanol–water partition coefficient (Wildman–Crippen LogP) is 4.80. The van der Waals surface area contributed by atoms with Crippen molar-refractivity contribution >= 4 is 43.4 Å². The SMILES string of the molecule is Cc1cc(Br)cnc1Nc1ccc(Br)c(F)c1. The van der Waals surface area contributed by atoms with Crippen LogP contribution in [-0.4, -0.2) is 4.98 Å². The highest BCUT2D eigenvalue weighted by Crippen LogP contribution is 2.24. The molecule has 2 nitrogen and oxygen atoms in total. The zero-order valence-corrected chi connectivity index (χ0v) is 12.1. The highest BCUT2D eigenvalue weighted by molar-refractivity contribution is 9.10. The quantitative estimate of drug-likeness (QED) is 0.833. The summed E-state index contributed by atoms with van der Waals surface area (Å²) in [5.74, 6) is 0.416. The molecule has 1 aromatic carbocycles. The van der Waals surface area contributed by atoms with Crippen molar-refractivity contribution in [3.05, 3.63) is 50.8 Å². The molecule has 0 saturated carbocycles. The van der Waals surface area contributed by atoms with Gasteiger partial charge in [0.25, 0.3) is 0 Å². The van der Waals surface area contributed by atoms with Crippen molar-refractivity contribution in [3.63, 3.8) is 0 Å².